The highest BCUT2D eigenvalue weighted by molar-refractivity contribution is 5.83. The SMILES string of the molecule is CC=C1C[C@H]2C[C@]34N(CC[C@]3(c3cc(OC)c(OC)cc3N4C)[C@@H]2C(=O)OC)C1. The highest BCUT2D eigenvalue weighted by Gasteiger charge is 2.77. The number of hydrogen-bond acceptors (Lipinski definition) is 6. The number of methoxy groups -OCH3 is 3. The molecule has 1 aromatic rings. The molecule has 4 atom stereocenters. The summed E-state index contributed by atoms with van der Waals surface area (Å²) >= 11 is 0. The maximum absolute atomic E-state index is 13.2. The molecule has 0 N–H and O–H groups in total. The minimum Gasteiger partial charge on any atom is -0.493 e. The molecule has 0 amide bonds. The lowest BCUT2D eigenvalue weighted by Crippen LogP contribution is -2.61. The minimum absolute atomic E-state index is 0.0767. The van der Waals surface area contributed by atoms with Crippen LogP contribution in [0.25, 0.3) is 0 Å². The van der Waals surface area contributed by atoms with Crippen LogP contribution < -0.4 is 14.4 Å². The molecule has 3 fully saturated rings. The van der Waals surface area contributed by atoms with Crippen molar-refractivity contribution in [2.24, 2.45) is 11.8 Å². The Morgan fingerprint density at radius 2 is 1.93 bits per heavy atom. The van der Waals surface area contributed by atoms with E-state index < -0.39 is 0 Å². The van der Waals surface area contributed by atoms with Crippen molar-refractivity contribution >= 4 is 11.7 Å². The molecule has 1 aromatic carbocycles. The number of hydrogen-bond donors (Lipinski definition) is 0. The summed E-state index contributed by atoms with van der Waals surface area (Å²) in [5.41, 5.74) is 3.29. The number of rotatable bonds is 3. The Kier molecular flexibility index (Phi) is 3.98. The highest BCUT2D eigenvalue weighted by atomic mass is 16.5. The minimum atomic E-state index is -0.284. The van der Waals surface area contributed by atoms with Gasteiger partial charge in [0.15, 0.2) is 11.5 Å². The number of allylic oxidation sites excluding steroid dienone is 1. The number of benzene rings is 1. The first kappa shape index (κ1) is 18.8. The van der Waals surface area contributed by atoms with E-state index in [2.05, 4.69) is 42.0 Å². The smallest absolute Gasteiger partial charge is 0.310 e. The zero-order chi connectivity index (χ0) is 20.6. The van der Waals surface area contributed by atoms with Crippen molar-refractivity contribution in [3.63, 3.8) is 0 Å². The molecule has 0 aromatic heterocycles. The lowest BCUT2D eigenvalue weighted by atomic mass is 9.66. The summed E-state index contributed by atoms with van der Waals surface area (Å²) in [6, 6.07) is 4.20. The lowest BCUT2D eigenvalue weighted by molar-refractivity contribution is -0.149. The van der Waals surface area contributed by atoms with E-state index >= 15 is 0 Å². The molecular weight excluding hydrogens is 368 g/mol. The van der Waals surface area contributed by atoms with Gasteiger partial charge in [-0.25, -0.2) is 0 Å². The predicted octanol–water partition coefficient (Wildman–Crippen LogP) is 2.95. The van der Waals surface area contributed by atoms with E-state index in [0.717, 1.165) is 49.5 Å². The van der Waals surface area contributed by atoms with Crippen LogP contribution in [0, 0.1) is 11.8 Å². The van der Waals surface area contributed by atoms with E-state index in [-0.39, 0.29) is 28.9 Å². The van der Waals surface area contributed by atoms with E-state index in [1.54, 1.807) is 14.2 Å². The zero-order valence-corrected chi connectivity index (χ0v) is 17.9. The molecule has 156 valence electrons. The Hall–Kier alpha value is -2.21. The van der Waals surface area contributed by atoms with Gasteiger partial charge in [-0.1, -0.05) is 11.6 Å². The van der Waals surface area contributed by atoms with E-state index in [1.807, 2.05) is 0 Å². The molecule has 3 aliphatic heterocycles. The molecule has 0 unspecified atom stereocenters. The van der Waals surface area contributed by atoms with Crippen molar-refractivity contribution in [1.82, 2.24) is 4.90 Å². The second kappa shape index (κ2) is 6.14. The number of likely N-dealkylation sites (N-methyl/N-ethyl adjacent to an activating group) is 1. The summed E-state index contributed by atoms with van der Waals surface area (Å²) in [4.78, 5) is 18.3. The lowest BCUT2D eigenvalue weighted by Gasteiger charge is -2.47. The Bertz CT molecular complexity index is 912. The van der Waals surface area contributed by atoms with Crippen LogP contribution in [-0.4, -0.2) is 58.0 Å². The summed E-state index contributed by atoms with van der Waals surface area (Å²) < 4.78 is 16.7. The van der Waals surface area contributed by atoms with Crippen molar-refractivity contribution in [3.05, 3.63) is 29.3 Å². The quantitative estimate of drug-likeness (QED) is 0.576. The topological polar surface area (TPSA) is 51.2 Å². The van der Waals surface area contributed by atoms with Crippen molar-refractivity contribution in [3.8, 4) is 11.5 Å². The van der Waals surface area contributed by atoms with Crippen molar-refractivity contribution in [2.45, 2.75) is 37.3 Å². The van der Waals surface area contributed by atoms with Crippen LogP contribution in [0.1, 0.15) is 31.7 Å². The second-order valence-electron chi connectivity index (χ2n) is 8.86. The first-order chi connectivity index (χ1) is 14.0. The van der Waals surface area contributed by atoms with Crippen LogP contribution >= 0.6 is 0 Å². The molecule has 1 spiro atoms. The first-order valence-electron chi connectivity index (χ1n) is 10.5. The predicted molar refractivity (Wildman–Crippen MR) is 111 cm³/mol. The third kappa shape index (κ3) is 1.98. The monoisotopic (exact) mass is 398 g/mol. The summed E-state index contributed by atoms with van der Waals surface area (Å²) in [6.45, 7) is 4.07. The van der Waals surface area contributed by atoms with E-state index in [1.165, 1.54) is 18.2 Å². The van der Waals surface area contributed by atoms with Crippen LogP contribution in [0.3, 0.4) is 0 Å². The van der Waals surface area contributed by atoms with Gasteiger partial charge in [0.1, 0.15) is 5.66 Å². The van der Waals surface area contributed by atoms with Gasteiger partial charge in [0.05, 0.1) is 27.2 Å². The summed E-state index contributed by atoms with van der Waals surface area (Å²) in [5.74, 6) is 1.50. The molecular formula is C23H30N2O4. The van der Waals surface area contributed by atoms with Crippen molar-refractivity contribution in [1.29, 1.82) is 0 Å². The molecule has 1 aliphatic carbocycles. The largest absolute Gasteiger partial charge is 0.493 e. The third-order valence-electron chi connectivity index (χ3n) is 8.24. The third-order valence-corrected chi connectivity index (χ3v) is 8.24. The Morgan fingerprint density at radius 3 is 2.59 bits per heavy atom. The fraction of sp³-hybridized carbons (Fsp3) is 0.609. The molecule has 5 rings (SSSR count). The van der Waals surface area contributed by atoms with Gasteiger partial charge >= 0.3 is 5.97 Å². The Labute approximate surface area is 172 Å². The fourth-order valence-electron chi connectivity index (χ4n) is 7.22. The fourth-order valence-corrected chi connectivity index (χ4v) is 7.22. The zero-order valence-electron chi connectivity index (χ0n) is 17.9. The van der Waals surface area contributed by atoms with Crippen LogP contribution in [0.4, 0.5) is 5.69 Å². The van der Waals surface area contributed by atoms with Gasteiger partial charge in [-0.05, 0) is 43.7 Å². The summed E-state index contributed by atoms with van der Waals surface area (Å²) in [5, 5.41) is 0. The van der Waals surface area contributed by atoms with Crippen LogP contribution in [0.2, 0.25) is 0 Å². The van der Waals surface area contributed by atoms with Gasteiger partial charge in [-0.2, -0.15) is 0 Å². The molecule has 6 heteroatoms. The summed E-state index contributed by atoms with van der Waals surface area (Å²) in [7, 11) is 7.05. The molecule has 2 bridgehead atoms. The highest BCUT2D eigenvalue weighted by Crippen LogP contribution is 2.71. The molecule has 1 saturated carbocycles. The number of carbonyl (C=O) groups is 1. The first-order valence-corrected chi connectivity index (χ1v) is 10.5. The van der Waals surface area contributed by atoms with Gasteiger partial charge < -0.3 is 19.1 Å². The van der Waals surface area contributed by atoms with Gasteiger partial charge in [-0.3, -0.25) is 9.69 Å². The maximum atomic E-state index is 13.2. The van der Waals surface area contributed by atoms with E-state index in [0.29, 0.717) is 0 Å². The molecule has 29 heavy (non-hydrogen) atoms. The van der Waals surface area contributed by atoms with Gasteiger partial charge in [0, 0.05) is 37.3 Å². The average Bonchev–Trinajstić information content (AvgIpc) is 3.23. The van der Waals surface area contributed by atoms with E-state index in [9.17, 15) is 4.79 Å². The average molecular weight is 399 g/mol. The van der Waals surface area contributed by atoms with E-state index in [4.69, 9.17) is 14.2 Å². The number of carbonyl (C=O) groups excluding carboxylic acids is 1. The number of nitrogens with zero attached hydrogens (tertiary/aromatic N) is 2. The molecule has 3 heterocycles. The van der Waals surface area contributed by atoms with Crippen molar-refractivity contribution in [2.75, 3.05) is 46.4 Å². The molecule has 0 radical (unpaired) electrons. The molecule has 6 nitrogen and oxygen atoms in total. The number of esters is 1. The summed E-state index contributed by atoms with van der Waals surface area (Å²) in [6.07, 6.45) is 5.12. The van der Waals surface area contributed by atoms with Crippen molar-refractivity contribution < 1.29 is 19.0 Å². The van der Waals surface area contributed by atoms with Crippen LogP contribution in [-0.2, 0) is 14.9 Å². The van der Waals surface area contributed by atoms with Gasteiger partial charge in [-0.15, -0.1) is 0 Å². The standard InChI is InChI=1S/C23H30N2O4/c1-6-14-9-15-12-23-22(7-8-25(23)13-14,20(15)21(26)29-5)16-10-18(27-3)19(28-4)11-17(16)24(23)2/h6,10-11,15,20H,7-9,12-13H2,1-5H3/t15-,20-,22-,23-/m0/s1. The number of anilines is 1. The van der Waals surface area contributed by atoms with Crippen LogP contribution in [0.15, 0.2) is 23.8 Å². The normalized spacial score (nSPS) is 36.0. The van der Waals surface area contributed by atoms with Gasteiger partial charge in [0.2, 0.25) is 0 Å². The number of fused-ring (bicyclic) bond motifs is 2. The Balaban J connectivity index is 1.80. The Morgan fingerprint density at radius 1 is 1.21 bits per heavy atom. The molecule has 2 saturated heterocycles. The second-order valence-corrected chi connectivity index (χ2v) is 8.86. The van der Waals surface area contributed by atoms with Gasteiger partial charge in [0.25, 0.3) is 0 Å². The van der Waals surface area contributed by atoms with Crippen LogP contribution in [0.5, 0.6) is 11.5 Å². The molecule has 4 aliphatic rings. The number of ether oxygens (including phenoxy) is 3. The maximum Gasteiger partial charge on any atom is 0.310 e.